The van der Waals surface area contributed by atoms with E-state index in [0.717, 1.165) is 11.9 Å². The summed E-state index contributed by atoms with van der Waals surface area (Å²) in [4.78, 5) is 22.6. The fourth-order valence-corrected chi connectivity index (χ4v) is 2.27. The summed E-state index contributed by atoms with van der Waals surface area (Å²) in [6.45, 7) is 3.94. The monoisotopic (exact) mass is 245 g/mol. The van der Waals surface area contributed by atoms with Gasteiger partial charge in [0.15, 0.2) is 6.29 Å². The second-order valence-electron chi connectivity index (χ2n) is 4.33. The zero-order valence-electron chi connectivity index (χ0n) is 10.4. The molecule has 94 valence electrons. The SMILES string of the molecule is CC[C@H](C)n1c(C(=O)O)c(C=O)c2ccccc21. The molecule has 4 heteroatoms. The molecule has 0 saturated carbocycles. The molecule has 1 N–H and O–H groups in total. The number of aromatic carboxylic acids is 1. The van der Waals surface area contributed by atoms with Gasteiger partial charge in [-0.25, -0.2) is 4.79 Å². The van der Waals surface area contributed by atoms with Gasteiger partial charge < -0.3 is 9.67 Å². The highest BCUT2D eigenvalue weighted by Crippen LogP contribution is 2.29. The summed E-state index contributed by atoms with van der Waals surface area (Å²) in [5.41, 5.74) is 1.14. The Morgan fingerprint density at radius 2 is 2.11 bits per heavy atom. The number of benzene rings is 1. The summed E-state index contributed by atoms with van der Waals surface area (Å²) < 4.78 is 1.74. The molecule has 1 atom stereocenters. The predicted molar refractivity (Wildman–Crippen MR) is 69.3 cm³/mol. The second-order valence-corrected chi connectivity index (χ2v) is 4.33. The first-order chi connectivity index (χ1) is 8.61. The van der Waals surface area contributed by atoms with Crippen molar-refractivity contribution in [1.82, 2.24) is 4.57 Å². The molecule has 4 nitrogen and oxygen atoms in total. The van der Waals surface area contributed by atoms with Crippen LogP contribution >= 0.6 is 0 Å². The van der Waals surface area contributed by atoms with Gasteiger partial charge in [0.1, 0.15) is 5.69 Å². The fraction of sp³-hybridized carbons (Fsp3) is 0.286. The summed E-state index contributed by atoms with van der Waals surface area (Å²) in [5, 5.41) is 10.0. The van der Waals surface area contributed by atoms with Crippen LogP contribution in [0.5, 0.6) is 0 Å². The first-order valence-electron chi connectivity index (χ1n) is 5.93. The Balaban J connectivity index is 2.92. The predicted octanol–water partition coefficient (Wildman–Crippen LogP) is 3.12. The van der Waals surface area contributed by atoms with Crippen LogP contribution < -0.4 is 0 Å². The molecule has 1 aromatic carbocycles. The van der Waals surface area contributed by atoms with Crippen LogP contribution in [0.15, 0.2) is 24.3 Å². The first-order valence-corrected chi connectivity index (χ1v) is 5.93. The van der Waals surface area contributed by atoms with Gasteiger partial charge in [-0.05, 0) is 19.4 Å². The van der Waals surface area contributed by atoms with Gasteiger partial charge in [-0.1, -0.05) is 25.1 Å². The molecule has 0 bridgehead atoms. The standard InChI is InChI=1S/C14H15NO3/c1-3-9(2)15-12-7-5-4-6-10(12)11(8-16)13(15)14(17)18/h4-9H,3H2,1-2H3,(H,17,18)/t9-/m0/s1. The van der Waals surface area contributed by atoms with Gasteiger partial charge in [0.2, 0.25) is 0 Å². The maximum Gasteiger partial charge on any atom is 0.353 e. The largest absolute Gasteiger partial charge is 0.477 e. The molecule has 0 aliphatic rings. The number of carbonyl (C=O) groups excluding carboxylic acids is 1. The number of aldehydes is 1. The molecule has 0 unspecified atom stereocenters. The maximum atomic E-state index is 11.4. The van der Waals surface area contributed by atoms with Crippen molar-refractivity contribution < 1.29 is 14.7 Å². The molecule has 0 saturated heterocycles. The van der Waals surface area contributed by atoms with Crippen LogP contribution in [-0.4, -0.2) is 21.9 Å². The van der Waals surface area contributed by atoms with E-state index in [2.05, 4.69) is 0 Å². The van der Waals surface area contributed by atoms with E-state index in [1.165, 1.54) is 0 Å². The maximum absolute atomic E-state index is 11.4. The van der Waals surface area contributed by atoms with Crippen molar-refractivity contribution >= 4 is 23.2 Å². The van der Waals surface area contributed by atoms with E-state index < -0.39 is 5.97 Å². The first kappa shape index (κ1) is 12.4. The summed E-state index contributed by atoms with van der Waals surface area (Å²) in [7, 11) is 0. The van der Waals surface area contributed by atoms with Crippen molar-refractivity contribution in [2.24, 2.45) is 0 Å². The number of para-hydroxylation sites is 1. The minimum Gasteiger partial charge on any atom is -0.477 e. The molecular formula is C14H15NO3. The summed E-state index contributed by atoms with van der Waals surface area (Å²) in [6.07, 6.45) is 1.43. The average molecular weight is 245 g/mol. The van der Waals surface area contributed by atoms with Gasteiger partial charge >= 0.3 is 5.97 Å². The van der Waals surface area contributed by atoms with Gasteiger partial charge in [-0.15, -0.1) is 0 Å². The third-order valence-electron chi connectivity index (χ3n) is 3.30. The Bertz CT molecular complexity index is 613. The van der Waals surface area contributed by atoms with Gasteiger partial charge in [-0.3, -0.25) is 4.79 Å². The molecule has 18 heavy (non-hydrogen) atoms. The zero-order chi connectivity index (χ0) is 13.3. The van der Waals surface area contributed by atoms with Crippen LogP contribution in [0.4, 0.5) is 0 Å². The molecular weight excluding hydrogens is 230 g/mol. The van der Waals surface area contributed by atoms with Gasteiger partial charge in [0, 0.05) is 16.9 Å². The van der Waals surface area contributed by atoms with Crippen molar-refractivity contribution in [1.29, 1.82) is 0 Å². The Kier molecular flexibility index (Phi) is 3.19. The highest BCUT2D eigenvalue weighted by molar-refractivity contribution is 6.08. The molecule has 1 aromatic heterocycles. The number of carbonyl (C=O) groups is 2. The van der Waals surface area contributed by atoms with Crippen LogP contribution in [0, 0.1) is 0 Å². The number of hydrogen-bond acceptors (Lipinski definition) is 2. The van der Waals surface area contributed by atoms with E-state index in [-0.39, 0.29) is 17.3 Å². The van der Waals surface area contributed by atoms with E-state index in [0.29, 0.717) is 11.7 Å². The highest BCUT2D eigenvalue weighted by atomic mass is 16.4. The second kappa shape index (κ2) is 4.64. The number of carboxylic acids is 1. The molecule has 0 spiro atoms. The Morgan fingerprint density at radius 3 is 2.67 bits per heavy atom. The van der Waals surface area contributed by atoms with Crippen LogP contribution in [0.1, 0.15) is 47.2 Å². The average Bonchev–Trinajstić information content (AvgIpc) is 2.72. The van der Waals surface area contributed by atoms with E-state index in [1.54, 1.807) is 10.6 Å². The number of carboxylic acid groups (broad SMARTS) is 1. The van der Waals surface area contributed by atoms with E-state index in [1.807, 2.05) is 32.0 Å². The molecule has 0 fully saturated rings. The third-order valence-corrected chi connectivity index (χ3v) is 3.30. The Hall–Kier alpha value is -2.10. The number of nitrogens with zero attached hydrogens (tertiary/aromatic N) is 1. The van der Waals surface area contributed by atoms with Gasteiger partial charge in [0.25, 0.3) is 0 Å². The molecule has 0 amide bonds. The summed E-state index contributed by atoms with van der Waals surface area (Å²) in [5.74, 6) is -1.06. The van der Waals surface area contributed by atoms with Crippen LogP contribution in [0.25, 0.3) is 10.9 Å². The lowest BCUT2D eigenvalue weighted by atomic mass is 10.1. The lowest BCUT2D eigenvalue weighted by molar-refractivity contribution is 0.0680. The molecule has 0 radical (unpaired) electrons. The molecule has 2 aromatic rings. The van der Waals surface area contributed by atoms with Crippen LogP contribution in [0.2, 0.25) is 0 Å². The van der Waals surface area contributed by atoms with E-state index in [9.17, 15) is 14.7 Å². The number of rotatable bonds is 4. The fourth-order valence-electron chi connectivity index (χ4n) is 2.27. The quantitative estimate of drug-likeness (QED) is 0.842. The minimum atomic E-state index is -1.06. The summed E-state index contributed by atoms with van der Waals surface area (Å²) in [6, 6.07) is 7.32. The van der Waals surface area contributed by atoms with E-state index >= 15 is 0 Å². The topological polar surface area (TPSA) is 59.3 Å². The van der Waals surface area contributed by atoms with Crippen molar-refractivity contribution in [3.05, 3.63) is 35.5 Å². The van der Waals surface area contributed by atoms with Crippen molar-refractivity contribution in [3.63, 3.8) is 0 Å². The van der Waals surface area contributed by atoms with Crippen LogP contribution in [-0.2, 0) is 0 Å². The normalized spacial score (nSPS) is 12.6. The molecule has 0 aliphatic heterocycles. The minimum absolute atomic E-state index is 0.0368. The Morgan fingerprint density at radius 1 is 1.44 bits per heavy atom. The third kappa shape index (κ3) is 1.70. The number of fused-ring (bicyclic) bond motifs is 1. The lowest BCUT2D eigenvalue weighted by Gasteiger charge is -2.15. The molecule has 2 rings (SSSR count). The zero-order valence-corrected chi connectivity index (χ0v) is 10.4. The van der Waals surface area contributed by atoms with Gasteiger partial charge in [-0.2, -0.15) is 0 Å². The lowest BCUT2D eigenvalue weighted by Crippen LogP contribution is -2.13. The van der Waals surface area contributed by atoms with Gasteiger partial charge in [0.05, 0.1) is 5.56 Å². The Labute approximate surface area is 105 Å². The highest BCUT2D eigenvalue weighted by Gasteiger charge is 2.23. The molecule has 1 heterocycles. The van der Waals surface area contributed by atoms with Crippen LogP contribution in [0.3, 0.4) is 0 Å². The number of hydrogen-bond donors (Lipinski definition) is 1. The van der Waals surface area contributed by atoms with Crippen molar-refractivity contribution in [3.8, 4) is 0 Å². The summed E-state index contributed by atoms with van der Waals surface area (Å²) >= 11 is 0. The smallest absolute Gasteiger partial charge is 0.353 e. The van der Waals surface area contributed by atoms with Crippen molar-refractivity contribution in [2.75, 3.05) is 0 Å². The molecule has 0 aliphatic carbocycles. The van der Waals surface area contributed by atoms with E-state index in [4.69, 9.17) is 0 Å². The number of aromatic nitrogens is 1. The van der Waals surface area contributed by atoms with Crippen molar-refractivity contribution in [2.45, 2.75) is 26.3 Å².